The first kappa shape index (κ1) is 12.4. The van der Waals surface area contributed by atoms with Gasteiger partial charge in [0.05, 0.1) is 11.3 Å². The summed E-state index contributed by atoms with van der Waals surface area (Å²) in [4.78, 5) is 27.5. The van der Waals surface area contributed by atoms with Gasteiger partial charge >= 0.3 is 0 Å². The topological polar surface area (TPSA) is 49.9 Å². The zero-order valence-electron chi connectivity index (χ0n) is 11.1. The van der Waals surface area contributed by atoms with Crippen LogP contribution in [0.4, 0.5) is 0 Å². The average molecular weight is 263 g/mol. The maximum Gasteiger partial charge on any atom is 0.256 e. The molecule has 98 valence electrons. The Morgan fingerprint density at radius 2 is 1.80 bits per heavy atom. The number of fused-ring (bicyclic) bond motifs is 3. The smallest absolute Gasteiger partial charge is 0.256 e. The number of benzene rings is 1. The van der Waals surface area contributed by atoms with Gasteiger partial charge in [0, 0.05) is 21.9 Å². The van der Waals surface area contributed by atoms with Crippen molar-refractivity contribution in [1.29, 1.82) is 0 Å². The van der Waals surface area contributed by atoms with Gasteiger partial charge in [-0.2, -0.15) is 0 Å². The number of hydrogen-bond donors (Lipinski definition) is 1. The van der Waals surface area contributed by atoms with Gasteiger partial charge < -0.3 is 4.98 Å². The predicted octanol–water partition coefficient (Wildman–Crippen LogP) is 3.24. The van der Waals surface area contributed by atoms with Crippen molar-refractivity contribution in [3.05, 3.63) is 76.3 Å². The van der Waals surface area contributed by atoms with Crippen LogP contribution in [0.1, 0.15) is 23.0 Å². The molecule has 1 aliphatic carbocycles. The molecular weight excluding hydrogens is 250 g/mol. The summed E-state index contributed by atoms with van der Waals surface area (Å²) in [6.07, 6.45) is 5.21. The van der Waals surface area contributed by atoms with Gasteiger partial charge in [0.15, 0.2) is 5.78 Å². The van der Waals surface area contributed by atoms with Gasteiger partial charge in [0.25, 0.3) is 5.56 Å². The Morgan fingerprint density at radius 3 is 2.45 bits per heavy atom. The second-order valence-electron chi connectivity index (χ2n) is 4.61. The van der Waals surface area contributed by atoms with Crippen LogP contribution in [0.15, 0.2) is 59.4 Å². The maximum atomic E-state index is 12.6. The molecular formula is C17H13NO2. The average Bonchev–Trinajstić information content (AvgIpc) is 2.72. The van der Waals surface area contributed by atoms with E-state index in [0.29, 0.717) is 27.6 Å². The van der Waals surface area contributed by atoms with Crippen molar-refractivity contribution in [3.63, 3.8) is 0 Å². The molecule has 2 aromatic rings. The summed E-state index contributed by atoms with van der Waals surface area (Å²) in [7, 11) is 0. The summed E-state index contributed by atoms with van der Waals surface area (Å²) in [5, 5.41) is 1.22. The van der Waals surface area contributed by atoms with Crippen molar-refractivity contribution < 1.29 is 4.79 Å². The van der Waals surface area contributed by atoms with Crippen molar-refractivity contribution in [2.45, 2.75) is 6.92 Å². The van der Waals surface area contributed by atoms with Crippen LogP contribution in [-0.2, 0) is 0 Å². The molecule has 3 nitrogen and oxygen atoms in total. The van der Waals surface area contributed by atoms with E-state index in [1.54, 1.807) is 24.3 Å². The summed E-state index contributed by atoms with van der Waals surface area (Å²) in [6, 6.07) is 7.15. The molecule has 0 atom stereocenters. The molecule has 1 aromatic heterocycles. The number of aromatic nitrogens is 1. The molecule has 0 saturated carbocycles. The molecule has 1 N–H and O–H groups in total. The molecule has 0 bridgehead atoms. The molecule has 0 radical (unpaired) electrons. The van der Waals surface area contributed by atoms with Crippen LogP contribution in [0.25, 0.3) is 16.3 Å². The molecule has 1 aliphatic rings. The standard InChI is InChI=1S/C17H13NO2/c1-3-7-12-10(4-2)16(19)14-11-8-5-6-9-13(11)17(20)18-15(12)14/h3-9H,2H2,1H3,(H,18,20)/b7-3-. The number of pyridine rings is 1. The second-order valence-corrected chi connectivity index (χ2v) is 4.61. The number of aromatic amines is 1. The summed E-state index contributed by atoms with van der Waals surface area (Å²) < 4.78 is 0. The van der Waals surface area contributed by atoms with Crippen LogP contribution in [0.2, 0.25) is 0 Å². The number of carbonyl (C=O) groups is 1. The zero-order valence-corrected chi connectivity index (χ0v) is 11.1. The van der Waals surface area contributed by atoms with E-state index < -0.39 is 0 Å². The highest BCUT2D eigenvalue weighted by Crippen LogP contribution is 2.35. The highest BCUT2D eigenvalue weighted by Gasteiger charge is 2.29. The van der Waals surface area contributed by atoms with Crippen LogP contribution < -0.4 is 5.56 Å². The van der Waals surface area contributed by atoms with Gasteiger partial charge in [0.1, 0.15) is 0 Å². The molecule has 0 amide bonds. The fraction of sp³-hybridized carbons (Fsp3) is 0.0588. The Morgan fingerprint density at radius 1 is 1.10 bits per heavy atom. The first-order chi connectivity index (χ1) is 9.69. The largest absolute Gasteiger partial charge is 0.321 e. The third-order valence-corrected chi connectivity index (χ3v) is 3.50. The molecule has 0 fully saturated rings. The van der Waals surface area contributed by atoms with E-state index in [2.05, 4.69) is 11.6 Å². The minimum atomic E-state index is -0.181. The predicted molar refractivity (Wildman–Crippen MR) is 80.8 cm³/mol. The maximum absolute atomic E-state index is 12.6. The highest BCUT2D eigenvalue weighted by atomic mass is 16.1. The Hall–Kier alpha value is -2.68. The van der Waals surface area contributed by atoms with Gasteiger partial charge in [-0.3, -0.25) is 9.59 Å². The Bertz CT molecular complexity index is 866. The van der Waals surface area contributed by atoms with Crippen molar-refractivity contribution >= 4 is 22.1 Å². The minimum absolute atomic E-state index is 0.0875. The van der Waals surface area contributed by atoms with Crippen LogP contribution in [0.5, 0.6) is 0 Å². The van der Waals surface area contributed by atoms with E-state index in [0.717, 1.165) is 5.57 Å². The Kier molecular flexibility index (Phi) is 2.75. The van der Waals surface area contributed by atoms with Crippen molar-refractivity contribution in [1.82, 2.24) is 4.98 Å². The fourth-order valence-corrected chi connectivity index (χ4v) is 2.65. The molecule has 20 heavy (non-hydrogen) atoms. The number of nitrogens with one attached hydrogen (secondary N) is 1. The van der Waals surface area contributed by atoms with E-state index in [9.17, 15) is 9.59 Å². The third-order valence-electron chi connectivity index (χ3n) is 3.50. The van der Waals surface area contributed by atoms with Crippen LogP contribution in [-0.4, -0.2) is 10.8 Å². The van der Waals surface area contributed by atoms with E-state index >= 15 is 0 Å². The highest BCUT2D eigenvalue weighted by molar-refractivity contribution is 6.27. The number of rotatable bonds is 2. The van der Waals surface area contributed by atoms with Crippen LogP contribution in [0, 0.1) is 0 Å². The second kappa shape index (κ2) is 4.46. The van der Waals surface area contributed by atoms with E-state index in [4.69, 9.17) is 0 Å². The monoisotopic (exact) mass is 263 g/mol. The lowest BCUT2D eigenvalue weighted by atomic mass is 10.0. The van der Waals surface area contributed by atoms with Gasteiger partial charge in [-0.25, -0.2) is 0 Å². The van der Waals surface area contributed by atoms with Crippen LogP contribution in [0.3, 0.4) is 0 Å². The van der Waals surface area contributed by atoms with Gasteiger partial charge in [-0.1, -0.05) is 43.0 Å². The number of hydrogen-bond acceptors (Lipinski definition) is 2. The lowest BCUT2D eigenvalue weighted by molar-refractivity contribution is 0.104. The molecule has 0 spiro atoms. The Balaban J connectivity index is 2.48. The third kappa shape index (κ3) is 1.53. The number of ketones is 1. The molecule has 0 aliphatic heterocycles. The minimum Gasteiger partial charge on any atom is -0.321 e. The molecule has 0 unspecified atom stereocenters. The molecule has 1 heterocycles. The van der Waals surface area contributed by atoms with Crippen LogP contribution >= 0.6 is 0 Å². The van der Waals surface area contributed by atoms with Gasteiger partial charge in [-0.15, -0.1) is 0 Å². The quantitative estimate of drug-likeness (QED) is 0.904. The Labute approximate surface area is 116 Å². The number of allylic oxidation sites excluding steroid dienone is 5. The lowest BCUT2D eigenvalue weighted by Crippen LogP contribution is -2.11. The summed E-state index contributed by atoms with van der Waals surface area (Å²) in [5.74, 6) is -0.0875. The van der Waals surface area contributed by atoms with Gasteiger partial charge in [0.2, 0.25) is 0 Å². The molecule has 1 aromatic carbocycles. The number of carbonyl (C=O) groups excluding carboxylic acids is 1. The summed E-state index contributed by atoms with van der Waals surface area (Å²) in [6.45, 7) is 5.58. The van der Waals surface area contributed by atoms with Crippen molar-refractivity contribution in [2.24, 2.45) is 0 Å². The molecule has 3 heteroatoms. The molecule has 0 saturated heterocycles. The summed E-state index contributed by atoms with van der Waals surface area (Å²) >= 11 is 0. The van der Waals surface area contributed by atoms with Crippen molar-refractivity contribution in [2.75, 3.05) is 0 Å². The van der Waals surface area contributed by atoms with E-state index in [1.165, 1.54) is 0 Å². The first-order valence-electron chi connectivity index (χ1n) is 6.38. The fourth-order valence-electron chi connectivity index (χ4n) is 2.65. The van der Waals surface area contributed by atoms with Crippen molar-refractivity contribution in [3.8, 4) is 0 Å². The molecule has 3 rings (SSSR count). The lowest BCUT2D eigenvalue weighted by Gasteiger charge is -2.05. The number of Topliss-reactive ketones (excluding diaryl/α,β-unsaturated/α-hetero) is 1. The SMILES string of the molecule is C=CC1=C(/C=C\C)c2[nH]c(=O)c3ccccc3c2C1=O. The first-order valence-corrected chi connectivity index (χ1v) is 6.38. The van der Waals surface area contributed by atoms with E-state index in [1.807, 2.05) is 25.1 Å². The zero-order chi connectivity index (χ0) is 14.3. The van der Waals surface area contributed by atoms with E-state index in [-0.39, 0.29) is 11.3 Å². The normalized spacial score (nSPS) is 14.3. The number of H-pyrrole nitrogens is 1. The van der Waals surface area contributed by atoms with Gasteiger partial charge in [-0.05, 0) is 13.0 Å². The summed E-state index contributed by atoms with van der Waals surface area (Å²) in [5.41, 5.74) is 2.23.